The zero-order valence-electron chi connectivity index (χ0n) is 48.4. The molecule has 0 saturated heterocycles. The zero-order valence-corrected chi connectivity index (χ0v) is 50.1. The third-order valence-corrected chi connectivity index (χ3v) is 15.4. The minimum absolute atomic E-state index is 0.0634. The van der Waals surface area contributed by atoms with Crippen LogP contribution in [-0.4, -0.2) is 86.2 Å². The molecular formula is C66H78N18S2. The van der Waals surface area contributed by atoms with Gasteiger partial charge in [-0.3, -0.25) is 20.0 Å². The van der Waals surface area contributed by atoms with Crippen LogP contribution in [0.5, 0.6) is 0 Å². The molecule has 0 bridgehead atoms. The fourth-order valence-electron chi connectivity index (χ4n) is 9.39. The van der Waals surface area contributed by atoms with E-state index in [1.165, 1.54) is 27.8 Å². The first-order valence-corrected chi connectivity index (χ1v) is 30.0. The van der Waals surface area contributed by atoms with Gasteiger partial charge in [-0.1, -0.05) is 96.5 Å². The lowest BCUT2D eigenvalue weighted by molar-refractivity contribution is 0.934. The Morgan fingerprint density at radius 3 is 0.907 bits per heavy atom. The van der Waals surface area contributed by atoms with Gasteiger partial charge in [0.25, 0.3) is 0 Å². The van der Waals surface area contributed by atoms with Crippen molar-refractivity contribution in [2.75, 3.05) is 52.4 Å². The molecule has 2 heterocycles. The molecule has 6 aromatic carbocycles. The Labute approximate surface area is 512 Å². The van der Waals surface area contributed by atoms with Crippen LogP contribution in [0.4, 0.5) is 0 Å². The summed E-state index contributed by atoms with van der Waals surface area (Å²) in [6.45, 7) is 4.41. The fourth-order valence-corrected chi connectivity index (χ4v) is 11.2. The van der Waals surface area contributed by atoms with Crippen molar-refractivity contribution in [1.82, 2.24) is 9.97 Å². The van der Waals surface area contributed by atoms with E-state index in [0.717, 1.165) is 107 Å². The van der Waals surface area contributed by atoms with Gasteiger partial charge < -0.3 is 68.8 Å². The molecule has 0 aliphatic carbocycles. The lowest BCUT2D eigenvalue weighted by Gasteiger charge is -2.08. The summed E-state index contributed by atoms with van der Waals surface area (Å²) in [4.78, 5) is 28.2. The molecule has 86 heavy (non-hydrogen) atoms. The predicted molar refractivity (Wildman–Crippen MR) is 359 cm³/mol. The maximum Gasteiger partial charge on any atom is 0.185 e. The Balaban J connectivity index is 0.000000255. The van der Waals surface area contributed by atoms with Crippen LogP contribution in [0.25, 0.3) is 42.0 Å². The second-order valence-electron chi connectivity index (χ2n) is 20.3. The molecule has 8 aromatic rings. The van der Waals surface area contributed by atoms with Gasteiger partial charge >= 0.3 is 0 Å². The standard InChI is InChI=1S/C35H43N13S.C31H35N5S/c36-32(37)44-10-6-24-14-23(15-25(16-24)7-11-45-33(38)39)5-4-22-2-1-3-28(18-22)31-48-21-30(49-31)29-19-26(8-12-46-34(40)41)17-27(20-29)9-13-47-35(42)43;32-10-6-24-14-23(15-25(16-24)7-11-33)5-4-22-2-1-3-28(18-22)31-36-21-30(37-31)29-19-26(8-12-34)17-27(20-29)9-13-35/h1-3,14-21H,6-13H2,(H4,36,37,44)(H4,38,39,45)(H4,40,41,46)(H4,42,43,47);1-3,14-21H,6-13,32-35H2. The first kappa shape index (κ1) is 64.2. The summed E-state index contributed by atoms with van der Waals surface area (Å²) in [5.41, 5.74) is 84.5. The number of guanidine groups is 4. The van der Waals surface area contributed by atoms with Crippen molar-refractivity contribution >= 4 is 46.5 Å². The third kappa shape index (κ3) is 21.0. The highest BCUT2D eigenvalue weighted by molar-refractivity contribution is 7.18. The van der Waals surface area contributed by atoms with Crippen LogP contribution >= 0.6 is 22.7 Å². The number of hydrogen-bond acceptors (Lipinski definition) is 12. The number of hydrogen-bond donors (Lipinski definition) is 12. The van der Waals surface area contributed by atoms with Crippen molar-refractivity contribution < 1.29 is 0 Å². The van der Waals surface area contributed by atoms with Crippen LogP contribution in [0.3, 0.4) is 0 Å². The van der Waals surface area contributed by atoms with E-state index in [0.29, 0.717) is 78.0 Å². The summed E-state index contributed by atoms with van der Waals surface area (Å²) in [5.74, 6) is 13.6. The average Bonchev–Trinajstić information content (AvgIpc) is 3.66. The second-order valence-corrected chi connectivity index (χ2v) is 22.3. The van der Waals surface area contributed by atoms with Crippen LogP contribution < -0.4 is 68.8 Å². The SMILES string of the molecule is NC(N)=NCCc1cc(C#Cc2cccc(-c3ncc(-c4cc(CCN=C(N)N)cc(CCN=C(N)N)c4)s3)c2)cc(CCN=C(N)N)c1.NCCc1cc(C#Cc2cccc(-c3ncc(-c4cc(CCN)cc(CCN)c4)s3)c2)cc(CCN)c1. The first-order chi connectivity index (χ1) is 41.6. The number of nitrogens with zero attached hydrogens (tertiary/aromatic N) is 6. The summed E-state index contributed by atoms with van der Waals surface area (Å²) in [7, 11) is 0. The zero-order chi connectivity index (χ0) is 61.2. The molecule has 0 atom stereocenters. The number of aromatic nitrogens is 2. The van der Waals surface area contributed by atoms with E-state index in [4.69, 9.17) is 78.8 Å². The fraction of sp³-hybridized carbons (Fsp3) is 0.242. The average molecular weight is 1190 g/mol. The number of rotatable bonds is 24. The van der Waals surface area contributed by atoms with E-state index in [9.17, 15) is 0 Å². The largest absolute Gasteiger partial charge is 0.370 e. The van der Waals surface area contributed by atoms with Crippen LogP contribution in [-0.2, 0) is 51.4 Å². The molecule has 24 N–H and O–H groups in total. The van der Waals surface area contributed by atoms with E-state index < -0.39 is 0 Å². The minimum atomic E-state index is 0.0634. The van der Waals surface area contributed by atoms with Gasteiger partial charge in [0.15, 0.2) is 23.8 Å². The Bertz CT molecular complexity index is 3670. The van der Waals surface area contributed by atoms with Gasteiger partial charge in [-0.15, -0.1) is 22.7 Å². The molecule has 2 aromatic heterocycles. The molecule has 444 valence electrons. The molecule has 8 rings (SSSR count). The second kappa shape index (κ2) is 33.2. The van der Waals surface area contributed by atoms with Crippen molar-refractivity contribution in [2.24, 2.45) is 88.8 Å². The molecule has 0 spiro atoms. The summed E-state index contributed by atoms with van der Waals surface area (Å²) < 4.78 is 0. The van der Waals surface area contributed by atoms with Gasteiger partial charge in [-0.25, -0.2) is 9.97 Å². The van der Waals surface area contributed by atoms with Crippen LogP contribution in [0, 0.1) is 23.7 Å². The van der Waals surface area contributed by atoms with Crippen LogP contribution in [0.15, 0.2) is 154 Å². The lowest BCUT2D eigenvalue weighted by Crippen LogP contribution is -2.23. The third-order valence-electron chi connectivity index (χ3n) is 13.2. The predicted octanol–water partition coefficient (Wildman–Crippen LogP) is 5.02. The molecule has 0 amide bonds. The Morgan fingerprint density at radius 1 is 0.326 bits per heavy atom. The smallest absolute Gasteiger partial charge is 0.185 e. The lowest BCUT2D eigenvalue weighted by atomic mass is 10.0. The highest BCUT2D eigenvalue weighted by Gasteiger charge is 2.13. The molecule has 0 aliphatic rings. The molecule has 0 aliphatic heterocycles. The molecule has 20 heteroatoms. The minimum Gasteiger partial charge on any atom is -0.370 e. The Morgan fingerprint density at radius 2 is 0.605 bits per heavy atom. The molecule has 0 radical (unpaired) electrons. The number of thiazole rings is 2. The molecular weight excluding hydrogens is 1110 g/mol. The van der Waals surface area contributed by atoms with E-state index in [1.807, 2.05) is 60.9 Å². The summed E-state index contributed by atoms with van der Waals surface area (Å²) >= 11 is 3.29. The molecule has 18 nitrogen and oxygen atoms in total. The van der Waals surface area contributed by atoms with Crippen molar-refractivity contribution in [3.05, 3.63) is 200 Å². The van der Waals surface area contributed by atoms with Gasteiger partial charge in [0.2, 0.25) is 0 Å². The van der Waals surface area contributed by atoms with Crippen molar-refractivity contribution in [2.45, 2.75) is 51.4 Å². The van der Waals surface area contributed by atoms with E-state index in [-0.39, 0.29) is 23.8 Å². The highest BCUT2D eigenvalue weighted by atomic mass is 32.1. The van der Waals surface area contributed by atoms with Gasteiger partial charge in [-0.2, -0.15) is 0 Å². The molecule has 0 unspecified atom stereocenters. The Kier molecular flexibility index (Phi) is 24.8. The topological polar surface area (TPSA) is 387 Å². The van der Waals surface area contributed by atoms with Crippen molar-refractivity contribution in [3.63, 3.8) is 0 Å². The van der Waals surface area contributed by atoms with Gasteiger partial charge in [0, 0.05) is 72.0 Å². The quantitative estimate of drug-likeness (QED) is 0.0215. The van der Waals surface area contributed by atoms with Crippen LogP contribution in [0.1, 0.15) is 66.8 Å². The van der Waals surface area contributed by atoms with Crippen molar-refractivity contribution in [1.29, 1.82) is 0 Å². The monoisotopic (exact) mass is 1190 g/mol. The number of benzene rings is 6. The van der Waals surface area contributed by atoms with E-state index in [2.05, 4.69) is 116 Å². The summed E-state index contributed by atoms with van der Waals surface area (Å²) in [5, 5.41) is 1.86. The molecule has 0 fully saturated rings. The first-order valence-electron chi connectivity index (χ1n) is 28.4. The van der Waals surface area contributed by atoms with Crippen molar-refractivity contribution in [3.8, 4) is 65.7 Å². The van der Waals surface area contributed by atoms with Gasteiger partial charge in [0.1, 0.15) is 10.0 Å². The van der Waals surface area contributed by atoms with E-state index >= 15 is 0 Å². The molecule has 0 saturated carbocycles. The number of nitrogens with two attached hydrogens (primary N) is 12. The summed E-state index contributed by atoms with van der Waals surface area (Å²) in [6, 6.07) is 42.0. The van der Waals surface area contributed by atoms with Gasteiger partial charge in [0.05, 0.1) is 9.75 Å². The highest BCUT2D eigenvalue weighted by Crippen LogP contribution is 2.35. The summed E-state index contributed by atoms with van der Waals surface area (Å²) in [6.07, 6.45) is 9.91. The van der Waals surface area contributed by atoms with Gasteiger partial charge in [-0.05, 0) is 182 Å². The normalized spacial score (nSPS) is 10.6. The number of aliphatic imine (C=N–C) groups is 4. The van der Waals surface area contributed by atoms with E-state index in [1.54, 1.807) is 22.7 Å². The van der Waals surface area contributed by atoms with Crippen LogP contribution in [0.2, 0.25) is 0 Å². The maximum absolute atomic E-state index is 5.82. The Hall–Kier alpha value is -9.38. The maximum atomic E-state index is 5.82.